The number of hydrogen-bond donors (Lipinski definition) is 2. The van der Waals surface area contributed by atoms with Crippen molar-refractivity contribution in [3.63, 3.8) is 0 Å². The number of hydrogen-bond acceptors (Lipinski definition) is 5. The van der Waals surface area contributed by atoms with Crippen molar-refractivity contribution in [2.75, 3.05) is 6.54 Å². The van der Waals surface area contributed by atoms with E-state index in [0.29, 0.717) is 18.6 Å². The second-order valence-corrected chi connectivity index (χ2v) is 10.2. The summed E-state index contributed by atoms with van der Waals surface area (Å²) in [7, 11) is -3.85. The molecule has 0 radical (unpaired) electrons. The third kappa shape index (κ3) is 7.17. The van der Waals surface area contributed by atoms with Gasteiger partial charge in [0, 0.05) is 6.04 Å². The van der Waals surface area contributed by atoms with E-state index in [4.69, 9.17) is 4.42 Å². The molecule has 1 aromatic heterocycles. The van der Waals surface area contributed by atoms with Crippen LogP contribution < -0.4 is 10.0 Å². The quantitative estimate of drug-likeness (QED) is 0.519. The van der Waals surface area contributed by atoms with Crippen LogP contribution in [0.2, 0.25) is 0 Å². The van der Waals surface area contributed by atoms with E-state index in [1.807, 2.05) is 6.92 Å². The molecule has 9 heteroatoms. The van der Waals surface area contributed by atoms with Gasteiger partial charge in [-0.05, 0) is 43.5 Å². The van der Waals surface area contributed by atoms with Gasteiger partial charge in [0.1, 0.15) is 11.8 Å². The maximum atomic E-state index is 13.2. The summed E-state index contributed by atoms with van der Waals surface area (Å²) in [6.07, 6.45) is 7.89. The van der Waals surface area contributed by atoms with Crippen molar-refractivity contribution in [3.05, 3.63) is 54.5 Å². The molecule has 0 saturated heterocycles. The summed E-state index contributed by atoms with van der Waals surface area (Å²) in [5.74, 6) is -0.154. The lowest BCUT2D eigenvalue weighted by atomic mass is 9.95. The van der Waals surface area contributed by atoms with Gasteiger partial charge in [-0.3, -0.25) is 9.59 Å². The van der Waals surface area contributed by atoms with E-state index in [0.717, 1.165) is 25.7 Å². The molecule has 33 heavy (non-hydrogen) atoms. The standard InChI is InChI=1S/C24H33N3O5S/c1-2-10-22(24(29)26-19-11-5-3-6-12-19)27(18-20-13-9-16-32-20)23(28)17-25-33(30,31)21-14-7-4-8-15-21/h4,7-9,13-16,19,22,25H,2-3,5-6,10-12,17-18H2,1H3,(H,26,29). The lowest BCUT2D eigenvalue weighted by Crippen LogP contribution is -2.53. The van der Waals surface area contributed by atoms with Crippen molar-refractivity contribution in [1.29, 1.82) is 0 Å². The molecular weight excluding hydrogens is 442 g/mol. The minimum absolute atomic E-state index is 0.0792. The van der Waals surface area contributed by atoms with Crippen LogP contribution in [0.5, 0.6) is 0 Å². The Morgan fingerprint density at radius 1 is 1.09 bits per heavy atom. The summed E-state index contributed by atoms with van der Waals surface area (Å²) in [5, 5.41) is 3.11. The van der Waals surface area contributed by atoms with Crippen molar-refractivity contribution < 1.29 is 22.4 Å². The van der Waals surface area contributed by atoms with Crippen LogP contribution in [0.15, 0.2) is 58.0 Å². The second-order valence-electron chi connectivity index (χ2n) is 8.39. The van der Waals surface area contributed by atoms with E-state index in [1.54, 1.807) is 30.3 Å². The molecule has 1 heterocycles. The molecule has 3 rings (SSSR count). The van der Waals surface area contributed by atoms with Crippen LogP contribution in [-0.2, 0) is 26.2 Å². The number of sulfonamides is 1. The molecule has 2 aromatic rings. The Hall–Kier alpha value is -2.65. The van der Waals surface area contributed by atoms with E-state index < -0.39 is 28.5 Å². The molecular formula is C24H33N3O5S. The van der Waals surface area contributed by atoms with Gasteiger partial charge in [-0.2, -0.15) is 0 Å². The smallest absolute Gasteiger partial charge is 0.243 e. The highest BCUT2D eigenvalue weighted by molar-refractivity contribution is 7.89. The first-order valence-corrected chi connectivity index (χ1v) is 13.1. The normalized spacial score (nSPS) is 15.7. The molecule has 1 aliphatic rings. The predicted molar refractivity (Wildman–Crippen MR) is 125 cm³/mol. The summed E-state index contributed by atoms with van der Waals surface area (Å²) >= 11 is 0. The Morgan fingerprint density at radius 3 is 2.45 bits per heavy atom. The highest BCUT2D eigenvalue weighted by Crippen LogP contribution is 2.19. The van der Waals surface area contributed by atoms with Gasteiger partial charge in [-0.15, -0.1) is 0 Å². The number of benzene rings is 1. The van der Waals surface area contributed by atoms with E-state index in [9.17, 15) is 18.0 Å². The van der Waals surface area contributed by atoms with E-state index >= 15 is 0 Å². The molecule has 1 fully saturated rings. The van der Waals surface area contributed by atoms with Crippen LogP contribution in [0.1, 0.15) is 57.6 Å². The van der Waals surface area contributed by atoms with Gasteiger partial charge in [-0.1, -0.05) is 50.8 Å². The molecule has 1 atom stereocenters. The van der Waals surface area contributed by atoms with Crippen molar-refractivity contribution >= 4 is 21.8 Å². The van der Waals surface area contributed by atoms with Crippen LogP contribution in [0.3, 0.4) is 0 Å². The van der Waals surface area contributed by atoms with Gasteiger partial charge >= 0.3 is 0 Å². The second kappa shape index (κ2) is 12.0. The molecule has 2 N–H and O–H groups in total. The summed E-state index contributed by atoms with van der Waals surface area (Å²) in [4.78, 5) is 28.0. The predicted octanol–water partition coefficient (Wildman–Crippen LogP) is 3.20. The van der Waals surface area contributed by atoms with Crippen LogP contribution in [0.25, 0.3) is 0 Å². The zero-order chi connectivity index (χ0) is 23.7. The van der Waals surface area contributed by atoms with Crippen LogP contribution >= 0.6 is 0 Å². The first-order chi connectivity index (χ1) is 15.9. The molecule has 0 bridgehead atoms. The lowest BCUT2D eigenvalue weighted by Gasteiger charge is -2.32. The summed E-state index contributed by atoms with van der Waals surface area (Å²) in [6, 6.07) is 10.7. The fourth-order valence-electron chi connectivity index (χ4n) is 4.13. The minimum Gasteiger partial charge on any atom is -0.467 e. The number of nitrogens with one attached hydrogen (secondary N) is 2. The Balaban J connectivity index is 1.76. The minimum atomic E-state index is -3.85. The topological polar surface area (TPSA) is 109 Å². The van der Waals surface area contributed by atoms with Gasteiger partial charge < -0.3 is 14.6 Å². The fourth-order valence-corrected chi connectivity index (χ4v) is 5.13. The zero-order valence-corrected chi connectivity index (χ0v) is 19.9. The van der Waals surface area contributed by atoms with Gasteiger partial charge in [0.2, 0.25) is 21.8 Å². The van der Waals surface area contributed by atoms with Crippen molar-refractivity contribution in [1.82, 2.24) is 14.9 Å². The Bertz CT molecular complexity index is 986. The van der Waals surface area contributed by atoms with Crippen LogP contribution in [-0.4, -0.2) is 43.8 Å². The van der Waals surface area contributed by atoms with Gasteiger partial charge in [0.15, 0.2) is 0 Å². The maximum absolute atomic E-state index is 13.2. The van der Waals surface area contributed by atoms with E-state index in [2.05, 4.69) is 10.0 Å². The Kier molecular flexibility index (Phi) is 9.08. The largest absolute Gasteiger partial charge is 0.467 e. The molecule has 1 unspecified atom stereocenters. The SMILES string of the molecule is CCCC(C(=O)NC1CCCCC1)N(Cc1ccco1)C(=O)CNS(=O)(=O)c1ccccc1. The molecule has 180 valence electrons. The van der Waals surface area contributed by atoms with Crippen LogP contribution in [0, 0.1) is 0 Å². The van der Waals surface area contributed by atoms with Gasteiger partial charge in [0.05, 0.1) is 24.2 Å². The molecule has 2 amide bonds. The number of furan rings is 1. The first kappa shape index (κ1) is 25.0. The fraction of sp³-hybridized carbons (Fsp3) is 0.500. The Labute approximate surface area is 195 Å². The zero-order valence-electron chi connectivity index (χ0n) is 19.0. The highest BCUT2D eigenvalue weighted by atomic mass is 32.2. The lowest BCUT2D eigenvalue weighted by molar-refractivity contribution is -0.141. The monoisotopic (exact) mass is 475 g/mol. The van der Waals surface area contributed by atoms with Crippen molar-refractivity contribution in [3.8, 4) is 0 Å². The van der Waals surface area contributed by atoms with E-state index in [-0.39, 0.29) is 23.4 Å². The third-order valence-corrected chi connectivity index (χ3v) is 7.30. The number of rotatable bonds is 11. The third-order valence-electron chi connectivity index (χ3n) is 5.89. The number of nitrogens with zero attached hydrogens (tertiary/aromatic N) is 1. The van der Waals surface area contributed by atoms with E-state index in [1.165, 1.54) is 29.7 Å². The summed E-state index contributed by atoms with van der Waals surface area (Å²) in [5.41, 5.74) is 0. The van der Waals surface area contributed by atoms with Crippen LogP contribution in [0.4, 0.5) is 0 Å². The molecule has 0 spiro atoms. The Morgan fingerprint density at radius 2 is 1.82 bits per heavy atom. The number of carbonyl (C=O) groups excluding carboxylic acids is 2. The summed E-state index contributed by atoms with van der Waals surface area (Å²) in [6.45, 7) is 1.59. The average molecular weight is 476 g/mol. The first-order valence-electron chi connectivity index (χ1n) is 11.6. The van der Waals surface area contributed by atoms with Gasteiger partial charge in [-0.25, -0.2) is 13.1 Å². The molecule has 1 aliphatic carbocycles. The van der Waals surface area contributed by atoms with Crippen molar-refractivity contribution in [2.24, 2.45) is 0 Å². The number of carbonyl (C=O) groups is 2. The number of amides is 2. The van der Waals surface area contributed by atoms with Gasteiger partial charge in [0.25, 0.3) is 0 Å². The highest BCUT2D eigenvalue weighted by Gasteiger charge is 2.32. The molecule has 1 saturated carbocycles. The average Bonchev–Trinajstić information content (AvgIpc) is 3.34. The maximum Gasteiger partial charge on any atom is 0.243 e. The van der Waals surface area contributed by atoms with Crippen molar-refractivity contribution in [2.45, 2.75) is 75.4 Å². The summed E-state index contributed by atoms with van der Waals surface area (Å²) < 4.78 is 33.0. The molecule has 0 aliphatic heterocycles. The molecule has 8 nitrogen and oxygen atoms in total. The molecule has 1 aromatic carbocycles.